The second-order valence-electron chi connectivity index (χ2n) is 10.3. The average Bonchev–Trinajstić information content (AvgIpc) is 3.34. The number of nitrogens with zero attached hydrogens (tertiary/aromatic N) is 6. The minimum absolute atomic E-state index is 0.234. The zero-order valence-corrected chi connectivity index (χ0v) is 23.7. The van der Waals surface area contributed by atoms with Gasteiger partial charge in [-0.15, -0.1) is 21.5 Å². The van der Waals surface area contributed by atoms with E-state index in [1.54, 1.807) is 22.7 Å². The van der Waals surface area contributed by atoms with E-state index in [4.69, 9.17) is 4.98 Å². The van der Waals surface area contributed by atoms with Crippen LogP contribution in [-0.2, 0) is 0 Å². The molecule has 7 rings (SSSR count). The van der Waals surface area contributed by atoms with Gasteiger partial charge in [-0.3, -0.25) is 0 Å². The van der Waals surface area contributed by atoms with Gasteiger partial charge in [0.2, 0.25) is 5.13 Å². The molecule has 1 saturated heterocycles. The third-order valence-corrected chi connectivity index (χ3v) is 9.65. The zero-order valence-electron chi connectivity index (χ0n) is 22.0. The van der Waals surface area contributed by atoms with E-state index in [9.17, 15) is 4.39 Å². The number of thiophene rings is 1. The lowest BCUT2D eigenvalue weighted by Crippen LogP contribution is -2.46. The molecule has 0 radical (unpaired) electrons. The van der Waals surface area contributed by atoms with Gasteiger partial charge in [-0.25, -0.2) is 9.37 Å². The second-order valence-corrected chi connectivity index (χ2v) is 12.2. The number of anilines is 3. The minimum Gasteiger partial charge on any atom is -0.367 e. The third-order valence-electron chi connectivity index (χ3n) is 7.59. The molecule has 2 aromatic carbocycles. The molecule has 7 nitrogen and oxygen atoms in total. The molecule has 0 atom stereocenters. The van der Waals surface area contributed by atoms with Gasteiger partial charge in [0, 0.05) is 37.8 Å². The predicted octanol–water partition coefficient (Wildman–Crippen LogP) is 6.95. The Bertz CT molecular complexity index is 1630. The van der Waals surface area contributed by atoms with Crippen molar-refractivity contribution in [2.45, 2.75) is 32.7 Å². The average molecular weight is 560 g/mol. The molecular weight excluding hydrogens is 530 g/mol. The molecule has 4 heterocycles. The number of hydrogen-bond donors (Lipinski definition) is 1. The maximum atomic E-state index is 13.7. The van der Waals surface area contributed by atoms with E-state index in [1.807, 2.05) is 12.1 Å². The van der Waals surface area contributed by atoms with E-state index in [0.29, 0.717) is 6.04 Å². The minimum atomic E-state index is -0.234. The van der Waals surface area contributed by atoms with Crippen molar-refractivity contribution in [1.82, 2.24) is 24.6 Å². The summed E-state index contributed by atoms with van der Waals surface area (Å²) in [5.41, 5.74) is 6.38. The summed E-state index contributed by atoms with van der Waals surface area (Å²) in [5.74, 6) is 0.666. The number of benzene rings is 2. The molecule has 1 saturated carbocycles. The highest BCUT2D eigenvalue weighted by Crippen LogP contribution is 2.44. The standard InChI is InChI=1S/C29H30FN7S2/c1-3-35-10-12-36(13-11-35)24-16-25-23(31-27(37(25)21-8-9-21)19-4-6-20(30)7-5-19)15-22(24)32-29-34-33-28(39-29)26-14-18(2)17-38-26/h4-7,14-17,21H,3,8-13H2,1-2H3,(H,32,34). The molecule has 1 N–H and O–H groups in total. The fraction of sp³-hybridized carbons (Fsp3) is 0.345. The van der Waals surface area contributed by atoms with E-state index in [1.165, 1.54) is 17.7 Å². The summed E-state index contributed by atoms with van der Waals surface area (Å²) in [4.78, 5) is 11.2. The Morgan fingerprint density at radius 3 is 2.51 bits per heavy atom. The molecule has 2 aliphatic rings. The lowest BCUT2D eigenvalue weighted by Gasteiger charge is -2.36. The van der Waals surface area contributed by atoms with Crippen LogP contribution in [0, 0.1) is 12.7 Å². The van der Waals surface area contributed by atoms with Crippen molar-refractivity contribution in [1.29, 1.82) is 0 Å². The van der Waals surface area contributed by atoms with Crippen LogP contribution in [0.3, 0.4) is 0 Å². The van der Waals surface area contributed by atoms with Crippen molar-refractivity contribution in [3.05, 3.63) is 59.2 Å². The van der Waals surface area contributed by atoms with Crippen molar-refractivity contribution in [2.24, 2.45) is 0 Å². The molecule has 200 valence electrons. The Morgan fingerprint density at radius 2 is 1.82 bits per heavy atom. The highest BCUT2D eigenvalue weighted by molar-refractivity contribution is 7.23. The van der Waals surface area contributed by atoms with E-state index in [0.717, 1.165) is 94.4 Å². The van der Waals surface area contributed by atoms with Crippen molar-refractivity contribution < 1.29 is 4.39 Å². The topological polar surface area (TPSA) is 62.1 Å². The molecule has 0 amide bonds. The van der Waals surface area contributed by atoms with Crippen LogP contribution in [-0.4, -0.2) is 57.4 Å². The molecule has 3 aromatic heterocycles. The summed E-state index contributed by atoms with van der Waals surface area (Å²) in [7, 11) is 0. The Kier molecular flexibility index (Phi) is 6.33. The maximum Gasteiger partial charge on any atom is 0.210 e. The van der Waals surface area contributed by atoms with E-state index in [-0.39, 0.29) is 5.82 Å². The summed E-state index contributed by atoms with van der Waals surface area (Å²) in [6.07, 6.45) is 2.28. The first-order valence-electron chi connectivity index (χ1n) is 13.5. The summed E-state index contributed by atoms with van der Waals surface area (Å²) >= 11 is 3.26. The highest BCUT2D eigenvalue weighted by Gasteiger charge is 2.30. The van der Waals surface area contributed by atoms with Crippen LogP contribution in [0.4, 0.5) is 20.9 Å². The van der Waals surface area contributed by atoms with Crippen LogP contribution >= 0.6 is 22.7 Å². The van der Waals surface area contributed by atoms with Crippen molar-refractivity contribution in [2.75, 3.05) is 42.9 Å². The molecule has 5 aromatic rings. The number of nitrogens with one attached hydrogen (secondary N) is 1. The van der Waals surface area contributed by atoms with Gasteiger partial charge in [0.25, 0.3) is 0 Å². The van der Waals surface area contributed by atoms with Gasteiger partial charge >= 0.3 is 0 Å². The molecule has 39 heavy (non-hydrogen) atoms. The summed E-state index contributed by atoms with van der Waals surface area (Å²) in [5, 5.41) is 16.4. The second kappa shape index (κ2) is 10.0. The highest BCUT2D eigenvalue weighted by atomic mass is 32.1. The Hall–Kier alpha value is -3.34. The smallest absolute Gasteiger partial charge is 0.210 e. The molecule has 0 unspecified atom stereocenters. The molecule has 0 bridgehead atoms. The number of aryl methyl sites for hydroxylation is 1. The number of halogens is 1. The van der Waals surface area contributed by atoms with Crippen LogP contribution in [0.2, 0.25) is 0 Å². The van der Waals surface area contributed by atoms with Gasteiger partial charge < -0.3 is 19.7 Å². The lowest BCUT2D eigenvalue weighted by atomic mass is 10.2. The molecule has 10 heteroatoms. The predicted molar refractivity (Wildman–Crippen MR) is 159 cm³/mol. The first-order chi connectivity index (χ1) is 19.1. The molecule has 0 spiro atoms. The Morgan fingerprint density at radius 1 is 1.03 bits per heavy atom. The molecular formula is C29H30FN7S2. The van der Waals surface area contributed by atoms with Crippen molar-refractivity contribution in [3.8, 4) is 21.3 Å². The van der Waals surface area contributed by atoms with Crippen LogP contribution < -0.4 is 10.2 Å². The molecule has 2 fully saturated rings. The third kappa shape index (κ3) is 4.81. The van der Waals surface area contributed by atoms with E-state index in [2.05, 4.69) is 67.3 Å². The zero-order chi connectivity index (χ0) is 26.5. The van der Waals surface area contributed by atoms with Crippen molar-refractivity contribution >= 4 is 50.2 Å². The van der Waals surface area contributed by atoms with Gasteiger partial charge in [0.05, 0.1) is 27.3 Å². The van der Waals surface area contributed by atoms with Crippen LogP contribution in [0.1, 0.15) is 31.4 Å². The van der Waals surface area contributed by atoms with Gasteiger partial charge in [-0.1, -0.05) is 18.3 Å². The molecule has 1 aliphatic heterocycles. The van der Waals surface area contributed by atoms with Gasteiger partial charge in [0.15, 0.2) is 5.01 Å². The number of fused-ring (bicyclic) bond motifs is 1. The number of piperazine rings is 1. The number of imidazole rings is 1. The summed E-state index contributed by atoms with van der Waals surface area (Å²) in [6, 6.07) is 13.7. The fourth-order valence-electron chi connectivity index (χ4n) is 5.33. The largest absolute Gasteiger partial charge is 0.367 e. The molecule has 1 aliphatic carbocycles. The van der Waals surface area contributed by atoms with Gasteiger partial charge in [-0.05, 0) is 79.7 Å². The monoisotopic (exact) mass is 559 g/mol. The van der Waals surface area contributed by atoms with Gasteiger partial charge in [0.1, 0.15) is 11.6 Å². The van der Waals surface area contributed by atoms with Crippen LogP contribution in [0.25, 0.3) is 32.3 Å². The van der Waals surface area contributed by atoms with E-state index >= 15 is 0 Å². The Balaban J connectivity index is 1.32. The summed E-state index contributed by atoms with van der Waals surface area (Å²) < 4.78 is 16.1. The normalized spacial score (nSPS) is 16.3. The van der Waals surface area contributed by atoms with Crippen LogP contribution in [0.15, 0.2) is 47.8 Å². The SMILES string of the molecule is CCN1CCN(c2cc3c(cc2Nc2nnc(-c4cc(C)cs4)s2)nc(-c2ccc(F)cc2)n3C2CC2)CC1. The number of aromatic nitrogens is 4. The summed E-state index contributed by atoms with van der Waals surface area (Å²) in [6.45, 7) is 9.40. The van der Waals surface area contributed by atoms with Crippen LogP contribution in [0.5, 0.6) is 0 Å². The number of likely N-dealkylation sites (N-methyl/N-ethyl adjacent to an activating group) is 1. The van der Waals surface area contributed by atoms with E-state index < -0.39 is 0 Å². The first kappa shape index (κ1) is 24.7. The lowest BCUT2D eigenvalue weighted by molar-refractivity contribution is 0.271. The first-order valence-corrected chi connectivity index (χ1v) is 15.2. The maximum absolute atomic E-state index is 13.7. The van der Waals surface area contributed by atoms with Gasteiger partial charge in [-0.2, -0.15) is 0 Å². The quantitative estimate of drug-likeness (QED) is 0.233. The fourth-order valence-corrected chi connectivity index (χ4v) is 7.05. The van der Waals surface area contributed by atoms with Crippen molar-refractivity contribution in [3.63, 3.8) is 0 Å². The Labute approximate surface area is 234 Å². The number of hydrogen-bond acceptors (Lipinski definition) is 8. The number of rotatable bonds is 7.